The van der Waals surface area contributed by atoms with E-state index in [2.05, 4.69) is 10.6 Å². The van der Waals surface area contributed by atoms with Crippen LogP contribution < -0.4 is 10.6 Å². The van der Waals surface area contributed by atoms with Crippen molar-refractivity contribution in [2.45, 2.75) is 122 Å². The van der Waals surface area contributed by atoms with E-state index in [1.807, 2.05) is 31.2 Å². The van der Waals surface area contributed by atoms with Crippen LogP contribution in [0.1, 0.15) is 78.4 Å². The van der Waals surface area contributed by atoms with Gasteiger partial charge in [0, 0.05) is 26.4 Å². The van der Waals surface area contributed by atoms with Crippen molar-refractivity contribution in [1.29, 1.82) is 0 Å². The average Bonchev–Trinajstić information content (AvgIpc) is 3.64. The van der Waals surface area contributed by atoms with E-state index in [9.17, 15) is 33.9 Å². The number of nitrogens with zero attached hydrogens (tertiary/aromatic N) is 2. The van der Waals surface area contributed by atoms with Crippen LogP contribution in [-0.2, 0) is 44.6 Å². The Morgan fingerprint density at radius 1 is 1.04 bits per heavy atom. The molecule has 266 valence electrons. The van der Waals surface area contributed by atoms with Gasteiger partial charge in [-0.25, -0.2) is 9.59 Å². The number of amides is 4. The number of aliphatic hydroxyl groups is 1. The maximum atomic E-state index is 14.5. The second-order valence-corrected chi connectivity index (χ2v) is 13.6. The Hall–Kier alpha value is -4.20. The summed E-state index contributed by atoms with van der Waals surface area (Å²) in [6.45, 7) is 11.3. The number of nitrogens with one attached hydrogen (secondary N) is 2. The van der Waals surface area contributed by atoms with Crippen LogP contribution in [0.15, 0.2) is 24.3 Å². The predicted molar refractivity (Wildman–Crippen MR) is 173 cm³/mol. The molecule has 1 aromatic rings. The summed E-state index contributed by atoms with van der Waals surface area (Å²) in [5, 5.41) is 15.6. The van der Waals surface area contributed by atoms with Gasteiger partial charge >= 0.3 is 18.0 Å². The highest BCUT2D eigenvalue weighted by Crippen LogP contribution is 2.36. The number of aryl methyl sites for hydroxylation is 1. The molecule has 0 aliphatic carbocycles. The number of alkyl carbamates (subject to hydrolysis) is 1. The lowest BCUT2D eigenvalue weighted by atomic mass is 9.85. The molecule has 1 aromatic carbocycles. The number of aliphatic hydroxyl groups excluding tert-OH is 1. The van der Waals surface area contributed by atoms with Crippen molar-refractivity contribution in [2.24, 2.45) is 0 Å². The quantitative estimate of drug-likeness (QED) is 0.231. The van der Waals surface area contributed by atoms with E-state index in [1.54, 1.807) is 20.8 Å². The summed E-state index contributed by atoms with van der Waals surface area (Å²) < 4.78 is 15.4. The first-order valence-electron chi connectivity index (χ1n) is 16.3. The van der Waals surface area contributed by atoms with Crippen molar-refractivity contribution >= 4 is 35.8 Å². The van der Waals surface area contributed by atoms with Gasteiger partial charge in [0.2, 0.25) is 17.7 Å². The van der Waals surface area contributed by atoms with E-state index in [0.717, 1.165) is 18.2 Å². The van der Waals surface area contributed by atoms with Crippen molar-refractivity contribution in [2.75, 3.05) is 20.2 Å². The fourth-order valence-electron chi connectivity index (χ4n) is 6.43. The van der Waals surface area contributed by atoms with Gasteiger partial charge in [0.05, 0.1) is 13.2 Å². The molecule has 0 aromatic heterocycles. The number of hydrogen-bond donors (Lipinski definition) is 3. The minimum Gasteiger partial charge on any atom is -0.467 e. The smallest absolute Gasteiger partial charge is 0.408 e. The monoisotopic (exact) mass is 674 g/mol. The zero-order valence-electron chi connectivity index (χ0n) is 29.2. The van der Waals surface area contributed by atoms with Crippen LogP contribution in [0.5, 0.6) is 0 Å². The normalized spacial score (nSPS) is 21.8. The Bertz CT molecular complexity index is 1380. The molecule has 0 bridgehead atoms. The van der Waals surface area contributed by atoms with Gasteiger partial charge in [0.15, 0.2) is 6.04 Å². The highest BCUT2D eigenvalue weighted by molar-refractivity contribution is 5.98. The number of esters is 2. The van der Waals surface area contributed by atoms with Crippen molar-refractivity contribution in [3.8, 4) is 0 Å². The van der Waals surface area contributed by atoms with E-state index in [1.165, 1.54) is 30.6 Å². The van der Waals surface area contributed by atoms with E-state index in [0.29, 0.717) is 19.3 Å². The SMILES string of the molecule is COC(=O)[C@@H](NC(=O)C1(Cc2cccc(C)c2)CCCN1C(=O)C1CCCN1C(=O)[C@@H](NC(=O)OC(C)(C)C)[C@@H](C)O)[C@@H](C)OC(C)=O. The minimum absolute atomic E-state index is 0.110. The van der Waals surface area contributed by atoms with Crippen LogP contribution in [0, 0.1) is 6.92 Å². The average molecular weight is 675 g/mol. The molecule has 3 rings (SSSR count). The van der Waals surface area contributed by atoms with Gasteiger partial charge in [-0.3, -0.25) is 19.2 Å². The van der Waals surface area contributed by atoms with Crippen LogP contribution in [0.2, 0.25) is 0 Å². The number of carbonyl (C=O) groups excluding carboxylic acids is 6. The summed E-state index contributed by atoms with van der Waals surface area (Å²) in [5.41, 5.74) is -0.586. The van der Waals surface area contributed by atoms with Gasteiger partial charge in [-0.1, -0.05) is 29.8 Å². The van der Waals surface area contributed by atoms with E-state index < -0.39 is 77.2 Å². The molecule has 14 heteroatoms. The third kappa shape index (κ3) is 9.24. The van der Waals surface area contributed by atoms with Crippen LogP contribution in [-0.4, -0.2) is 112 Å². The molecular formula is C34H50N4O10. The van der Waals surface area contributed by atoms with Gasteiger partial charge in [-0.2, -0.15) is 0 Å². The molecule has 48 heavy (non-hydrogen) atoms. The summed E-state index contributed by atoms with van der Waals surface area (Å²) in [6.07, 6.45) is -1.64. The number of likely N-dealkylation sites (tertiary alicyclic amines) is 2. The van der Waals surface area contributed by atoms with Crippen LogP contribution in [0.3, 0.4) is 0 Å². The first kappa shape index (κ1) is 38.2. The Balaban J connectivity index is 1.98. The van der Waals surface area contributed by atoms with Gasteiger partial charge in [0.25, 0.3) is 0 Å². The molecule has 2 unspecified atom stereocenters. The Labute approximate surface area is 281 Å². The minimum atomic E-state index is -1.47. The third-order valence-electron chi connectivity index (χ3n) is 8.56. The fourth-order valence-corrected chi connectivity index (χ4v) is 6.43. The summed E-state index contributed by atoms with van der Waals surface area (Å²) in [5.74, 6) is -3.23. The maximum Gasteiger partial charge on any atom is 0.408 e. The van der Waals surface area contributed by atoms with E-state index >= 15 is 0 Å². The molecule has 6 atom stereocenters. The molecule has 0 saturated carbocycles. The summed E-state index contributed by atoms with van der Waals surface area (Å²) in [7, 11) is 1.15. The van der Waals surface area contributed by atoms with Crippen LogP contribution in [0.25, 0.3) is 0 Å². The summed E-state index contributed by atoms with van der Waals surface area (Å²) in [4.78, 5) is 82.6. The van der Waals surface area contributed by atoms with Crippen molar-refractivity contribution in [1.82, 2.24) is 20.4 Å². The third-order valence-corrected chi connectivity index (χ3v) is 8.56. The number of methoxy groups -OCH3 is 1. The zero-order chi connectivity index (χ0) is 36.0. The standard InChI is InChI=1S/C34H50N4O10/c1-20-12-9-13-24(18-20)19-34(31(44)35-27(30(43)46-8)22(3)47-23(4)40)15-11-17-38(34)28(41)25-14-10-16-37(25)29(42)26(21(2)39)36-32(45)48-33(5,6)7/h9,12-13,18,21-22,25-27,39H,10-11,14-17,19H2,1-8H3,(H,35,44)(H,36,45)/t21-,22-,25?,26+,27+,34?/m1/s1. The fraction of sp³-hybridized carbons (Fsp3) is 0.647. The van der Waals surface area contributed by atoms with Crippen molar-refractivity contribution in [3.05, 3.63) is 35.4 Å². The number of carbonyl (C=O) groups is 6. The Morgan fingerprint density at radius 2 is 1.73 bits per heavy atom. The molecule has 14 nitrogen and oxygen atoms in total. The lowest BCUT2D eigenvalue weighted by Crippen LogP contribution is -2.65. The molecular weight excluding hydrogens is 624 g/mol. The topological polar surface area (TPSA) is 181 Å². The molecule has 2 heterocycles. The molecule has 4 amide bonds. The highest BCUT2D eigenvalue weighted by atomic mass is 16.6. The van der Waals surface area contributed by atoms with E-state index in [-0.39, 0.29) is 25.9 Å². The van der Waals surface area contributed by atoms with Gasteiger partial charge < -0.3 is 39.8 Å². The van der Waals surface area contributed by atoms with Crippen LogP contribution >= 0.6 is 0 Å². The number of hydrogen-bond acceptors (Lipinski definition) is 10. The van der Waals surface area contributed by atoms with Gasteiger partial charge in [-0.05, 0) is 72.8 Å². The van der Waals surface area contributed by atoms with Crippen molar-refractivity contribution < 1.29 is 48.1 Å². The summed E-state index contributed by atoms with van der Waals surface area (Å²) >= 11 is 0. The lowest BCUT2D eigenvalue weighted by Gasteiger charge is -2.41. The molecule has 2 aliphatic heterocycles. The number of ether oxygens (including phenoxy) is 3. The number of benzene rings is 1. The largest absolute Gasteiger partial charge is 0.467 e. The second kappa shape index (κ2) is 15.8. The van der Waals surface area contributed by atoms with Crippen molar-refractivity contribution in [3.63, 3.8) is 0 Å². The second-order valence-electron chi connectivity index (χ2n) is 13.6. The zero-order valence-corrected chi connectivity index (χ0v) is 29.2. The first-order chi connectivity index (χ1) is 22.4. The molecule has 0 spiro atoms. The van der Waals surface area contributed by atoms with E-state index in [4.69, 9.17) is 14.2 Å². The Kier molecular flexibility index (Phi) is 12.6. The highest BCUT2D eigenvalue weighted by Gasteiger charge is 2.53. The molecule has 3 N–H and O–H groups in total. The molecule has 2 saturated heterocycles. The first-order valence-corrected chi connectivity index (χ1v) is 16.3. The maximum absolute atomic E-state index is 14.5. The molecule has 0 radical (unpaired) electrons. The molecule has 2 fully saturated rings. The van der Waals surface area contributed by atoms with Crippen LogP contribution in [0.4, 0.5) is 4.79 Å². The Morgan fingerprint density at radius 3 is 2.31 bits per heavy atom. The van der Waals surface area contributed by atoms with Gasteiger partial charge in [0.1, 0.15) is 29.3 Å². The summed E-state index contributed by atoms with van der Waals surface area (Å²) in [6, 6.07) is 3.82. The van der Waals surface area contributed by atoms with Gasteiger partial charge in [-0.15, -0.1) is 0 Å². The number of rotatable bonds is 11. The predicted octanol–water partition coefficient (Wildman–Crippen LogP) is 1.77. The molecule has 2 aliphatic rings. The lowest BCUT2D eigenvalue weighted by molar-refractivity contribution is -0.159.